The Balaban J connectivity index is 1.53. The average Bonchev–Trinajstić information content (AvgIpc) is 2.96. The van der Waals surface area contributed by atoms with Crippen molar-refractivity contribution in [2.75, 3.05) is 10.6 Å². The predicted octanol–water partition coefficient (Wildman–Crippen LogP) is 2.40. The number of aromatic nitrogens is 3. The smallest absolute Gasteiger partial charge is 0.235 e. The molecule has 7 heteroatoms. The molecule has 2 amide bonds. The van der Waals surface area contributed by atoms with E-state index >= 15 is 0 Å². The van der Waals surface area contributed by atoms with Gasteiger partial charge in [0.25, 0.3) is 0 Å². The Bertz CT molecular complexity index is 887. The van der Waals surface area contributed by atoms with Crippen LogP contribution in [0.3, 0.4) is 0 Å². The SMILES string of the molecule is Cc1cccc(NC(=O)CCC(=O)Nc2nnc3ccccn23)c1. The van der Waals surface area contributed by atoms with Crippen molar-refractivity contribution >= 4 is 29.1 Å². The first kappa shape index (κ1) is 15.7. The van der Waals surface area contributed by atoms with Gasteiger partial charge in [-0.15, -0.1) is 10.2 Å². The summed E-state index contributed by atoms with van der Waals surface area (Å²) in [5, 5.41) is 13.3. The molecule has 0 bridgehead atoms. The summed E-state index contributed by atoms with van der Waals surface area (Å²) in [7, 11) is 0. The molecule has 24 heavy (non-hydrogen) atoms. The molecule has 0 saturated carbocycles. The van der Waals surface area contributed by atoms with Gasteiger partial charge in [-0.2, -0.15) is 0 Å². The van der Waals surface area contributed by atoms with E-state index in [1.807, 2.05) is 43.3 Å². The number of pyridine rings is 1. The van der Waals surface area contributed by atoms with Gasteiger partial charge in [0.05, 0.1) is 0 Å². The molecule has 2 N–H and O–H groups in total. The zero-order chi connectivity index (χ0) is 16.9. The zero-order valence-corrected chi connectivity index (χ0v) is 13.2. The summed E-state index contributed by atoms with van der Waals surface area (Å²) in [5.41, 5.74) is 2.43. The molecule has 3 rings (SSSR count). The van der Waals surface area contributed by atoms with E-state index in [0.717, 1.165) is 11.3 Å². The molecule has 0 aliphatic carbocycles. The Morgan fingerprint density at radius 2 is 1.79 bits per heavy atom. The summed E-state index contributed by atoms with van der Waals surface area (Å²) >= 11 is 0. The third-order valence-electron chi connectivity index (χ3n) is 3.45. The van der Waals surface area contributed by atoms with Crippen LogP contribution in [-0.2, 0) is 9.59 Å². The number of nitrogens with one attached hydrogen (secondary N) is 2. The highest BCUT2D eigenvalue weighted by molar-refractivity contribution is 5.96. The van der Waals surface area contributed by atoms with Crippen molar-refractivity contribution in [2.45, 2.75) is 19.8 Å². The fraction of sp³-hybridized carbons (Fsp3) is 0.176. The molecule has 0 radical (unpaired) electrons. The van der Waals surface area contributed by atoms with Gasteiger partial charge in [0, 0.05) is 24.7 Å². The maximum absolute atomic E-state index is 12.0. The van der Waals surface area contributed by atoms with Crippen molar-refractivity contribution in [2.24, 2.45) is 0 Å². The minimum Gasteiger partial charge on any atom is -0.326 e. The second-order valence-electron chi connectivity index (χ2n) is 5.42. The van der Waals surface area contributed by atoms with Gasteiger partial charge in [-0.25, -0.2) is 0 Å². The highest BCUT2D eigenvalue weighted by Gasteiger charge is 2.11. The molecular weight excluding hydrogens is 306 g/mol. The number of nitrogens with zero attached hydrogens (tertiary/aromatic N) is 3. The van der Waals surface area contributed by atoms with E-state index in [1.54, 1.807) is 16.7 Å². The number of rotatable bonds is 5. The lowest BCUT2D eigenvalue weighted by atomic mass is 10.2. The largest absolute Gasteiger partial charge is 0.326 e. The third-order valence-corrected chi connectivity index (χ3v) is 3.45. The topological polar surface area (TPSA) is 88.4 Å². The molecule has 7 nitrogen and oxygen atoms in total. The average molecular weight is 323 g/mol. The van der Waals surface area contributed by atoms with Crippen LogP contribution in [0.4, 0.5) is 11.6 Å². The van der Waals surface area contributed by atoms with Crippen LogP contribution in [0.25, 0.3) is 5.65 Å². The molecule has 122 valence electrons. The van der Waals surface area contributed by atoms with Gasteiger partial charge < -0.3 is 5.32 Å². The summed E-state index contributed by atoms with van der Waals surface area (Å²) in [5.74, 6) is -0.149. The van der Waals surface area contributed by atoms with Crippen molar-refractivity contribution < 1.29 is 9.59 Å². The lowest BCUT2D eigenvalue weighted by Crippen LogP contribution is -2.18. The Morgan fingerprint density at radius 3 is 2.58 bits per heavy atom. The number of benzene rings is 1. The first-order chi connectivity index (χ1) is 11.6. The fourth-order valence-electron chi connectivity index (χ4n) is 2.29. The van der Waals surface area contributed by atoms with E-state index in [0.29, 0.717) is 11.6 Å². The lowest BCUT2D eigenvalue weighted by Gasteiger charge is -2.06. The van der Waals surface area contributed by atoms with Gasteiger partial charge in [0.2, 0.25) is 17.8 Å². The molecule has 0 saturated heterocycles. The van der Waals surface area contributed by atoms with Gasteiger partial charge in [-0.3, -0.25) is 19.3 Å². The molecule has 2 aromatic heterocycles. The summed E-state index contributed by atoms with van der Waals surface area (Å²) in [4.78, 5) is 23.9. The van der Waals surface area contributed by atoms with Crippen LogP contribution in [0.15, 0.2) is 48.7 Å². The third kappa shape index (κ3) is 3.75. The number of carbonyl (C=O) groups is 2. The van der Waals surface area contributed by atoms with Gasteiger partial charge in [0.1, 0.15) is 0 Å². The summed E-state index contributed by atoms with van der Waals surface area (Å²) < 4.78 is 1.67. The van der Waals surface area contributed by atoms with E-state index in [-0.39, 0.29) is 24.7 Å². The summed E-state index contributed by atoms with van der Waals surface area (Å²) in [6.45, 7) is 1.95. The second kappa shape index (κ2) is 6.91. The van der Waals surface area contributed by atoms with Crippen molar-refractivity contribution in [3.05, 3.63) is 54.2 Å². The number of amides is 2. The summed E-state index contributed by atoms with van der Waals surface area (Å²) in [6.07, 6.45) is 1.92. The van der Waals surface area contributed by atoms with Crippen LogP contribution >= 0.6 is 0 Å². The lowest BCUT2D eigenvalue weighted by molar-refractivity contribution is -0.121. The Labute approximate surface area is 138 Å². The molecule has 0 aliphatic rings. The molecule has 2 heterocycles. The van der Waals surface area contributed by atoms with Gasteiger partial charge in [-0.05, 0) is 36.8 Å². The molecule has 0 spiro atoms. The Hall–Kier alpha value is -3.22. The summed E-state index contributed by atoms with van der Waals surface area (Å²) in [6, 6.07) is 13.0. The zero-order valence-electron chi connectivity index (χ0n) is 13.2. The standard InChI is InChI=1S/C17H17N5O2/c1-12-5-4-6-13(11-12)18-15(23)8-9-16(24)19-17-21-20-14-7-2-3-10-22(14)17/h2-7,10-11H,8-9H2,1H3,(H,18,23)(H,19,21,24). The van der Waals surface area contributed by atoms with Crippen molar-refractivity contribution in [1.29, 1.82) is 0 Å². The molecule has 0 unspecified atom stereocenters. The van der Waals surface area contributed by atoms with Crippen LogP contribution in [-0.4, -0.2) is 26.4 Å². The van der Waals surface area contributed by atoms with Crippen LogP contribution in [0.1, 0.15) is 18.4 Å². The quantitative estimate of drug-likeness (QED) is 0.754. The molecule has 0 fully saturated rings. The van der Waals surface area contributed by atoms with Crippen molar-refractivity contribution in [3.8, 4) is 0 Å². The number of fused-ring (bicyclic) bond motifs is 1. The second-order valence-corrected chi connectivity index (χ2v) is 5.42. The monoisotopic (exact) mass is 323 g/mol. The highest BCUT2D eigenvalue weighted by atomic mass is 16.2. The Kier molecular flexibility index (Phi) is 4.51. The number of anilines is 2. The maximum atomic E-state index is 12.0. The molecule has 0 aliphatic heterocycles. The van der Waals surface area contributed by atoms with Gasteiger partial charge in [0.15, 0.2) is 5.65 Å². The van der Waals surface area contributed by atoms with E-state index in [1.165, 1.54) is 0 Å². The highest BCUT2D eigenvalue weighted by Crippen LogP contribution is 2.11. The van der Waals surface area contributed by atoms with Gasteiger partial charge in [-0.1, -0.05) is 18.2 Å². The van der Waals surface area contributed by atoms with E-state index in [9.17, 15) is 9.59 Å². The van der Waals surface area contributed by atoms with Gasteiger partial charge >= 0.3 is 0 Å². The number of hydrogen-bond acceptors (Lipinski definition) is 4. The first-order valence-corrected chi connectivity index (χ1v) is 7.58. The maximum Gasteiger partial charge on any atom is 0.235 e. The van der Waals surface area contributed by atoms with E-state index in [2.05, 4.69) is 20.8 Å². The molecule has 0 atom stereocenters. The molecular formula is C17H17N5O2. The van der Waals surface area contributed by atoms with E-state index in [4.69, 9.17) is 0 Å². The molecule has 1 aromatic carbocycles. The minimum atomic E-state index is -0.285. The van der Waals surface area contributed by atoms with Crippen LogP contribution in [0.2, 0.25) is 0 Å². The fourth-order valence-corrected chi connectivity index (χ4v) is 2.29. The number of hydrogen-bond donors (Lipinski definition) is 2. The predicted molar refractivity (Wildman–Crippen MR) is 90.7 cm³/mol. The first-order valence-electron chi connectivity index (χ1n) is 7.58. The Morgan fingerprint density at radius 1 is 1.00 bits per heavy atom. The van der Waals surface area contributed by atoms with Crippen LogP contribution in [0, 0.1) is 6.92 Å². The normalized spacial score (nSPS) is 10.5. The van der Waals surface area contributed by atoms with Crippen molar-refractivity contribution in [3.63, 3.8) is 0 Å². The van der Waals surface area contributed by atoms with E-state index < -0.39 is 0 Å². The number of carbonyl (C=O) groups excluding carboxylic acids is 2. The van der Waals surface area contributed by atoms with Crippen LogP contribution in [0.5, 0.6) is 0 Å². The molecule has 3 aromatic rings. The van der Waals surface area contributed by atoms with Crippen molar-refractivity contribution in [1.82, 2.24) is 14.6 Å². The van der Waals surface area contributed by atoms with Crippen LogP contribution < -0.4 is 10.6 Å². The minimum absolute atomic E-state index is 0.0688. The number of aryl methyl sites for hydroxylation is 1.